The number of nitrogens with zero attached hydrogens (tertiary/aromatic N) is 1. The van der Waals surface area contributed by atoms with Gasteiger partial charge in [0.25, 0.3) is 0 Å². The molecule has 19 heavy (non-hydrogen) atoms. The molecule has 1 N–H and O–H groups in total. The second-order valence-corrected chi connectivity index (χ2v) is 4.18. The molecule has 5 nitrogen and oxygen atoms in total. The summed E-state index contributed by atoms with van der Waals surface area (Å²) >= 11 is 1.27. The Bertz CT molecular complexity index is 518. The number of nitriles is 1. The summed E-state index contributed by atoms with van der Waals surface area (Å²) in [6.07, 6.45) is 1.77. The van der Waals surface area contributed by atoms with Crippen molar-refractivity contribution in [1.82, 2.24) is 0 Å². The number of ether oxygens (including phenoxy) is 2. The predicted molar refractivity (Wildman–Crippen MR) is 74.8 cm³/mol. The van der Waals surface area contributed by atoms with Crippen LogP contribution in [-0.2, 0) is 9.53 Å². The van der Waals surface area contributed by atoms with Crippen molar-refractivity contribution in [2.45, 2.75) is 0 Å². The minimum absolute atomic E-state index is 0.0502. The van der Waals surface area contributed by atoms with Gasteiger partial charge in [0, 0.05) is 5.69 Å². The summed E-state index contributed by atoms with van der Waals surface area (Å²) in [6, 6.07) is 8.99. The van der Waals surface area contributed by atoms with Crippen molar-refractivity contribution in [3.05, 3.63) is 34.9 Å². The molecule has 0 radical (unpaired) electrons. The number of hydrogen-bond acceptors (Lipinski definition) is 6. The molecule has 0 fully saturated rings. The minimum atomic E-state index is -0.659. The van der Waals surface area contributed by atoms with Gasteiger partial charge in [0.05, 0.1) is 19.2 Å². The normalized spacial score (nSPS) is 11.1. The summed E-state index contributed by atoms with van der Waals surface area (Å²) in [6.45, 7) is 0. The van der Waals surface area contributed by atoms with E-state index in [-0.39, 0.29) is 5.57 Å². The zero-order chi connectivity index (χ0) is 14.3. The molecule has 0 bridgehead atoms. The topological polar surface area (TPSA) is 71.4 Å². The van der Waals surface area contributed by atoms with Crippen LogP contribution < -0.4 is 10.1 Å². The third kappa shape index (κ3) is 3.93. The molecule has 0 spiro atoms. The van der Waals surface area contributed by atoms with Crippen molar-refractivity contribution in [2.24, 2.45) is 0 Å². The number of anilines is 1. The van der Waals surface area contributed by atoms with Gasteiger partial charge >= 0.3 is 5.97 Å². The lowest BCUT2D eigenvalue weighted by molar-refractivity contribution is -0.135. The Balaban J connectivity index is 3.00. The Hall–Kier alpha value is -2.13. The van der Waals surface area contributed by atoms with E-state index in [2.05, 4.69) is 10.1 Å². The molecule has 1 aromatic rings. The molecule has 0 amide bonds. The van der Waals surface area contributed by atoms with Crippen LogP contribution in [0.15, 0.2) is 34.9 Å². The number of carbonyl (C=O) groups excluding carboxylic acids is 1. The van der Waals surface area contributed by atoms with Crippen LogP contribution >= 0.6 is 11.8 Å². The van der Waals surface area contributed by atoms with Crippen molar-refractivity contribution in [1.29, 1.82) is 5.26 Å². The summed E-state index contributed by atoms with van der Waals surface area (Å²) in [5.74, 6) is 0.0709. The summed E-state index contributed by atoms with van der Waals surface area (Å²) in [5.41, 5.74) is 0.702. The number of carbonyl (C=O) groups is 1. The fourth-order valence-corrected chi connectivity index (χ4v) is 1.87. The fourth-order valence-electron chi connectivity index (χ4n) is 1.31. The quantitative estimate of drug-likeness (QED) is 0.506. The Morgan fingerprint density at radius 3 is 2.37 bits per heavy atom. The maximum atomic E-state index is 11.5. The number of nitrogens with one attached hydrogen (secondary N) is 1. The van der Waals surface area contributed by atoms with Crippen LogP contribution in [0.3, 0.4) is 0 Å². The van der Waals surface area contributed by atoms with E-state index in [1.165, 1.54) is 18.9 Å². The summed E-state index contributed by atoms with van der Waals surface area (Å²) in [4.78, 5) is 11.5. The van der Waals surface area contributed by atoms with Crippen LogP contribution in [0.2, 0.25) is 0 Å². The highest BCUT2D eigenvalue weighted by atomic mass is 32.2. The third-order valence-corrected chi connectivity index (χ3v) is 2.99. The molecular weight excluding hydrogens is 264 g/mol. The highest BCUT2D eigenvalue weighted by Crippen LogP contribution is 2.23. The van der Waals surface area contributed by atoms with Crippen molar-refractivity contribution >= 4 is 23.4 Å². The Morgan fingerprint density at radius 2 is 1.95 bits per heavy atom. The molecule has 0 aromatic heterocycles. The van der Waals surface area contributed by atoms with Crippen molar-refractivity contribution in [3.63, 3.8) is 0 Å². The molecule has 0 aliphatic heterocycles. The maximum Gasteiger partial charge on any atom is 0.351 e. The van der Waals surface area contributed by atoms with E-state index in [0.29, 0.717) is 5.03 Å². The second kappa shape index (κ2) is 7.34. The Morgan fingerprint density at radius 1 is 1.32 bits per heavy atom. The Kier molecular flexibility index (Phi) is 5.76. The van der Waals surface area contributed by atoms with E-state index in [1.807, 2.05) is 6.07 Å². The lowest BCUT2D eigenvalue weighted by Crippen LogP contribution is -2.09. The standard InChI is InChI=1S/C13H14N2O3S/c1-17-10-6-4-9(5-7-10)15-12(19-3)11(8-14)13(16)18-2/h4-7,15H,1-3H3/b12-11-. The van der Waals surface area contributed by atoms with Crippen molar-refractivity contribution in [2.75, 3.05) is 25.8 Å². The van der Waals surface area contributed by atoms with Gasteiger partial charge in [0.1, 0.15) is 11.8 Å². The monoisotopic (exact) mass is 278 g/mol. The number of thioether (sulfide) groups is 1. The van der Waals surface area contributed by atoms with E-state index in [0.717, 1.165) is 11.4 Å². The highest BCUT2D eigenvalue weighted by molar-refractivity contribution is 8.02. The molecule has 100 valence electrons. The molecule has 1 aromatic carbocycles. The largest absolute Gasteiger partial charge is 0.497 e. The first kappa shape index (κ1) is 14.9. The Labute approximate surface area is 116 Å². The summed E-state index contributed by atoms with van der Waals surface area (Å²) in [5, 5.41) is 12.5. The molecule has 1 rings (SSSR count). The van der Waals surface area contributed by atoms with E-state index >= 15 is 0 Å². The van der Waals surface area contributed by atoms with Crippen LogP contribution in [0.5, 0.6) is 5.75 Å². The number of esters is 1. The molecule has 0 unspecified atom stereocenters. The van der Waals surface area contributed by atoms with Crippen LogP contribution in [0.25, 0.3) is 0 Å². The number of rotatable bonds is 5. The lowest BCUT2D eigenvalue weighted by Gasteiger charge is -2.10. The molecule has 0 aliphatic carbocycles. The van der Waals surface area contributed by atoms with Gasteiger partial charge < -0.3 is 14.8 Å². The maximum absolute atomic E-state index is 11.5. The summed E-state index contributed by atoms with van der Waals surface area (Å²) in [7, 11) is 2.83. The zero-order valence-corrected chi connectivity index (χ0v) is 11.7. The van der Waals surface area contributed by atoms with Gasteiger partial charge in [-0.1, -0.05) is 0 Å². The van der Waals surface area contributed by atoms with Crippen LogP contribution in [0, 0.1) is 11.3 Å². The van der Waals surface area contributed by atoms with Crippen LogP contribution in [-0.4, -0.2) is 26.4 Å². The lowest BCUT2D eigenvalue weighted by atomic mass is 10.3. The smallest absolute Gasteiger partial charge is 0.351 e. The van der Waals surface area contributed by atoms with Crippen molar-refractivity contribution < 1.29 is 14.3 Å². The first-order valence-corrected chi connectivity index (χ1v) is 6.56. The molecule has 6 heteroatoms. The van der Waals surface area contributed by atoms with Crippen LogP contribution in [0.1, 0.15) is 0 Å². The first-order valence-electron chi connectivity index (χ1n) is 5.34. The van der Waals surface area contributed by atoms with E-state index < -0.39 is 5.97 Å². The highest BCUT2D eigenvalue weighted by Gasteiger charge is 2.15. The molecule has 0 saturated carbocycles. The number of methoxy groups -OCH3 is 2. The summed E-state index contributed by atoms with van der Waals surface area (Å²) < 4.78 is 9.62. The molecular formula is C13H14N2O3S. The SMILES string of the molecule is COC(=O)/C(C#N)=C(/Nc1ccc(OC)cc1)SC. The van der Waals surface area contributed by atoms with Gasteiger partial charge in [-0.05, 0) is 30.5 Å². The van der Waals surface area contributed by atoms with Gasteiger partial charge in [0.2, 0.25) is 0 Å². The molecule has 0 heterocycles. The van der Waals surface area contributed by atoms with E-state index in [1.54, 1.807) is 37.6 Å². The van der Waals surface area contributed by atoms with Gasteiger partial charge in [0.15, 0.2) is 5.57 Å². The predicted octanol–water partition coefficient (Wildman–Crippen LogP) is 2.38. The molecule has 0 saturated heterocycles. The average molecular weight is 278 g/mol. The first-order chi connectivity index (χ1) is 9.15. The molecule has 0 aliphatic rings. The van der Waals surface area contributed by atoms with Gasteiger partial charge in [-0.2, -0.15) is 5.26 Å². The van der Waals surface area contributed by atoms with Gasteiger partial charge in [-0.3, -0.25) is 0 Å². The van der Waals surface area contributed by atoms with E-state index in [9.17, 15) is 4.79 Å². The average Bonchev–Trinajstić information content (AvgIpc) is 2.47. The zero-order valence-electron chi connectivity index (χ0n) is 10.9. The fraction of sp³-hybridized carbons (Fsp3) is 0.231. The molecule has 0 atom stereocenters. The van der Waals surface area contributed by atoms with Gasteiger partial charge in [-0.25, -0.2) is 4.79 Å². The van der Waals surface area contributed by atoms with E-state index in [4.69, 9.17) is 10.00 Å². The van der Waals surface area contributed by atoms with Gasteiger partial charge in [-0.15, -0.1) is 11.8 Å². The third-order valence-electron chi connectivity index (χ3n) is 2.28. The number of hydrogen-bond donors (Lipinski definition) is 1. The minimum Gasteiger partial charge on any atom is -0.497 e. The second-order valence-electron chi connectivity index (χ2n) is 3.37. The van der Waals surface area contributed by atoms with Crippen LogP contribution in [0.4, 0.5) is 5.69 Å². The number of benzene rings is 1. The van der Waals surface area contributed by atoms with Crippen molar-refractivity contribution in [3.8, 4) is 11.8 Å².